The highest BCUT2D eigenvalue weighted by molar-refractivity contribution is 7.42. The van der Waals surface area contributed by atoms with E-state index in [9.17, 15) is 5.11 Å². The van der Waals surface area contributed by atoms with E-state index in [1.165, 1.54) is 31.9 Å². The predicted molar refractivity (Wildman–Crippen MR) is 237 cm³/mol. The van der Waals surface area contributed by atoms with Crippen LogP contribution in [0.5, 0.6) is 0 Å². The summed E-state index contributed by atoms with van der Waals surface area (Å²) < 4.78 is 28.4. The Bertz CT molecular complexity index is 1850. The summed E-state index contributed by atoms with van der Waals surface area (Å²) in [5, 5.41) is 17.7. The third-order valence-electron chi connectivity index (χ3n) is 10.9. The third kappa shape index (κ3) is 8.85. The molecular weight excluding hydrogens is 732 g/mol. The largest absolute Gasteiger partial charge is 0.405 e. The Morgan fingerprint density at radius 3 is 1.33 bits per heavy atom. The summed E-state index contributed by atoms with van der Waals surface area (Å²) in [6, 6.07) is 48.9. The van der Waals surface area contributed by atoms with Crippen molar-refractivity contribution in [2.75, 3.05) is 13.2 Å². The van der Waals surface area contributed by atoms with E-state index in [0.717, 1.165) is 5.30 Å². The van der Waals surface area contributed by atoms with Gasteiger partial charge in [0.25, 0.3) is 16.6 Å². The fourth-order valence-electron chi connectivity index (χ4n) is 8.23. The Kier molecular flexibility index (Phi) is 14.0. The van der Waals surface area contributed by atoms with Gasteiger partial charge in [0.1, 0.15) is 24.4 Å². The monoisotopic (exact) mass is 792 g/mol. The first-order valence-corrected chi connectivity index (χ1v) is 23.8. The number of aliphatic hydroxyl groups is 1. The Morgan fingerprint density at radius 1 is 0.582 bits per heavy atom. The molecule has 292 valence electrons. The van der Waals surface area contributed by atoms with Crippen LogP contribution in [-0.4, -0.2) is 59.4 Å². The van der Waals surface area contributed by atoms with Crippen LogP contribution in [0.4, 0.5) is 0 Å². The van der Waals surface area contributed by atoms with Crippen LogP contribution < -0.4 is 26.1 Å². The van der Waals surface area contributed by atoms with Crippen molar-refractivity contribution in [3.05, 3.63) is 151 Å². The maximum Gasteiger partial charge on any atom is 0.261 e. The van der Waals surface area contributed by atoms with Crippen molar-refractivity contribution >= 4 is 51.5 Å². The lowest BCUT2D eigenvalue weighted by Crippen LogP contribution is -2.67. The summed E-state index contributed by atoms with van der Waals surface area (Å²) in [6.45, 7) is 18.3. The normalized spacial score (nSPS) is 19.4. The van der Waals surface area contributed by atoms with Crippen LogP contribution in [0, 0.1) is 13.8 Å². The second kappa shape index (κ2) is 17.9. The summed E-state index contributed by atoms with van der Waals surface area (Å²) in [6.07, 6.45) is -2.68. The number of ether oxygens (including phenoxy) is 1. The van der Waals surface area contributed by atoms with Gasteiger partial charge in [-0.3, -0.25) is 0 Å². The molecule has 0 amide bonds. The molecule has 1 aliphatic rings. The fraction of sp³-hybridized carbons (Fsp3) is 0.362. The van der Waals surface area contributed by atoms with Gasteiger partial charge in [-0.2, -0.15) is 0 Å². The minimum Gasteiger partial charge on any atom is -0.405 e. The molecule has 55 heavy (non-hydrogen) atoms. The lowest BCUT2D eigenvalue weighted by molar-refractivity contribution is -0.0323. The number of benzene rings is 5. The van der Waals surface area contributed by atoms with Crippen LogP contribution in [0.15, 0.2) is 140 Å². The SMILES string of the molecule is C.Cc1ccc(PO[C@H]2[C@H](O)[C@@H](CO[Si](c3ccccc3)(c3ccccc3)C(C)(C)C)O[C@@H]2CO[Si](c2ccccc2)(c2ccccc2)C(C)(C)C)c(C)c1. The van der Waals surface area contributed by atoms with Crippen molar-refractivity contribution in [1.29, 1.82) is 0 Å². The average molecular weight is 793 g/mol. The summed E-state index contributed by atoms with van der Waals surface area (Å²) in [5.41, 5.74) is 2.39. The van der Waals surface area contributed by atoms with Gasteiger partial charge in [0.05, 0.1) is 13.2 Å². The molecule has 0 aliphatic carbocycles. The molecule has 0 spiro atoms. The van der Waals surface area contributed by atoms with E-state index in [-0.39, 0.29) is 39.5 Å². The topological polar surface area (TPSA) is 57.2 Å². The standard InChI is InChI=1S/C46H57O5PSi2.CH4/c1-34-29-30-42(35(2)31-34)52-51-44-41(33-49-54(46(6,7)8,38-25-17-11-18-26-38)39-27-19-12-20-28-39)50-40(43(44)47)32-48-53(45(3,4)5,36-21-13-9-14-22-36)37-23-15-10-16-24-37;/h9-31,40-41,43-44,47,52H,32-33H2,1-8H3;1H4/t40-,41-,43-,44-;/m1./s1. The molecule has 0 aromatic heterocycles. The molecule has 8 heteroatoms. The molecule has 0 radical (unpaired) electrons. The molecule has 5 nitrogen and oxygen atoms in total. The highest BCUT2D eigenvalue weighted by Crippen LogP contribution is 2.40. The second-order valence-corrected chi connectivity index (χ2v) is 26.2. The van der Waals surface area contributed by atoms with E-state index in [1.807, 2.05) is 0 Å². The van der Waals surface area contributed by atoms with Gasteiger partial charge in [-0.05, 0) is 50.2 Å². The molecule has 1 fully saturated rings. The smallest absolute Gasteiger partial charge is 0.261 e. The van der Waals surface area contributed by atoms with Crippen LogP contribution in [0.1, 0.15) is 60.1 Å². The van der Waals surface area contributed by atoms with Crippen molar-refractivity contribution in [3.63, 3.8) is 0 Å². The lowest BCUT2D eigenvalue weighted by Gasteiger charge is -2.44. The third-order valence-corrected chi connectivity index (χ3v) is 22.1. The van der Waals surface area contributed by atoms with E-state index in [1.54, 1.807) is 0 Å². The second-order valence-electron chi connectivity index (χ2n) is 16.7. The van der Waals surface area contributed by atoms with Crippen LogP contribution in [-0.2, 0) is 18.1 Å². The van der Waals surface area contributed by atoms with E-state index in [4.69, 9.17) is 18.1 Å². The Hall–Kier alpha value is -3.24. The number of rotatable bonds is 13. The lowest BCUT2D eigenvalue weighted by atomic mass is 10.1. The zero-order chi connectivity index (χ0) is 38.6. The molecular formula is C47H61O5PSi2. The minimum atomic E-state index is -2.89. The molecule has 1 unspecified atom stereocenters. The Labute approximate surface area is 334 Å². The molecule has 1 N–H and O–H groups in total. The minimum absolute atomic E-state index is 0. The van der Waals surface area contributed by atoms with E-state index < -0.39 is 41.1 Å². The van der Waals surface area contributed by atoms with Gasteiger partial charge in [0.2, 0.25) is 0 Å². The zero-order valence-corrected chi connectivity index (χ0v) is 36.1. The molecule has 6 rings (SSSR count). The Morgan fingerprint density at radius 2 is 0.964 bits per heavy atom. The van der Waals surface area contributed by atoms with Crippen LogP contribution in [0.2, 0.25) is 10.1 Å². The molecule has 1 heterocycles. The molecule has 0 bridgehead atoms. The quantitative estimate of drug-likeness (QED) is 0.0974. The Balaban J connectivity index is 0.00000580. The predicted octanol–water partition coefficient (Wildman–Crippen LogP) is 7.83. The molecule has 1 aliphatic heterocycles. The van der Waals surface area contributed by atoms with Gasteiger partial charge in [0, 0.05) is 14.1 Å². The van der Waals surface area contributed by atoms with Gasteiger partial charge in [-0.15, -0.1) is 0 Å². The first-order valence-electron chi connectivity index (χ1n) is 19.1. The van der Waals surface area contributed by atoms with Gasteiger partial charge in [-0.1, -0.05) is 194 Å². The summed E-state index contributed by atoms with van der Waals surface area (Å²) >= 11 is 0. The zero-order valence-electron chi connectivity index (χ0n) is 33.1. The van der Waals surface area contributed by atoms with Gasteiger partial charge < -0.3 is 23.2 Å². The maximum atomic E-state index is 12.2. The van der Waals surface area contributed by atoms with Crippen molar-refractivity contribution in [3.8, 4) is 0 Å². The average Bonchev–Trinajstić information content (AvgIpc) is 3.45. The summed E-state index contributed by atoms with van der Waals surface area (Å²) in [5.74, 6) is 0. The fourth-order valence-corrected chi connectivity index (χ4v) is 18.3. The van der Waals surface area contributed by atoms with Crippen LogP contribution >= 0.6 is 8.81 Å². The molecule has 5 atom stereocenters. The highest BCUT2D eigenvalue weighted by Gasteiger charge is 2.54. The van der Waals surface area contributed by atoms with Crippen LogP contribution in [0.25, 0.3) is 0 Å². The molecule has 5 aromatic rings. The number of aryl methyl sites for hydroxylation is 2. The number of aliphatic hydroxyl groups excluding tert-OH is 1. The van der Waals surface area contributed by atoms with Gasteiger partial charge >= 0.3 is 0 Å². The van der Waals surface area contributed by atoms with Gasteiger partial charge in [0.15, 0.2) is 0 Å². The first-order chi connectivity index (χ1) is 25.8. The summed E-state index contributed by atoms with van der Waals surface area (Å²) in [7, 11) is -5.74. The molecule has 5 aromatic carbocycles. The molecule has 1 saturated heterocycles. The van der Waals surface area contributed by atoms with Crippen molar-refractivity contribution in [1.82, 2.24) is 0 Å². The number of hydrogen-bond acceptors (Lipinski definition) is 5. The van der Waals surface area contributed by atoms with Crippen molar-refractivity contribution in [2.45, 2.75) is 97.3 Å². The molecule has 0 saturated carbocycles. The van der Waals surface area contributed by atoms with E-state index in [0.29, 0.717) is 0 Å². The van der Waals surface area contributed by atoms with E-state index in [2.05, 4.69) is 195 Å². The summed E-state index contributed by atoms with van der Waals surface area (Å²) in [4.78, 5) is 0. The van der Waals surface area contributed by atoms with Gasteiger partial charge in [-0.25, -0.2) is 0 Å². The van der Waals surface area contributed by atoms with E-state index >= 15 is 0 Å². The van der Waals surface area contributed by atoms with Crippen LogP contribution in [0.3, 0.4) is 0 Å². The highest BCUT2D eigenvalue weighted by atomic mass is 31.1. The number of hydrogen-bond donors (Lipinski definition) is 1. The van der Waals surface area contributed by atoms with Crippen molar-refractivity contribution < 1.29 is 23.2 Å². The first kappa shape index (κ1) is 42.9. The maximum absolute atomic E-state index is 12.2. The van der Waals surface area contributed by atoms with Crippen molar-refractivity contribution in [2.24, 2.45) is 0 Å².